The fraction of sp³-hybridized carbons (Fsp3) is 0.333. The summed E-state index contributed by atoms with van der Waals surface area (Å²) in [6.45, 7) is 0.357. The maximum Gasteiger partial charge on any atom is 0.246 e. The first kappa shape index (κ1) is 11.7. The maximum absolute atomic E-state index is 5.78. The maximum atomic E-state index is 5.78. The van der Waals surface area contributed by atoms with Crippen LogP contribution >= 0.6 is 27.3 Å². The molecular formula is C9H10BrN3O2S. The lowest BCUT2D eigenvalue weighted by atomic mass is 10.3. The average Bonchev–Trinajstić information content (AvgIpc) is 2.85. The van der Waals surface area contributed by atoms with Crippen molar-refractivity contribution in [2.24, 2.45) is 5.73 Å². The third kappa shape index (κ3) is 2.49. The number of rotatable bonds is 4. The molecule has 86 valence electrons. The minimum Gasteiger partial charge on any atom is -0.383 e. The summed E-state index contributed by atoms with van der Waals surface area (Å²) >= 11 is 4.91. The lowest BCUT2D eigenvalue weighted by Gasteiger charge is -2.02. The Bertz CT molecular complexity index is 471. The van der Waals surface area contributed by atoms with Gasteiger partial charge in [0.05, 0.1) is 11.5 Å². The molecule has 7 heteroatoms. The Balaban J connectivity index is 2.19. The Kier molecular flexibility index (Phi) is 3.70. The minimum absolute atomic E-state index is 0.357. The molecule has 0 amide bonds. The molecule has 0 aliphatic heterocycles. The molecule has 2 heterocycles. The van der Waals surface area contributed by atoms with Crippen LogP contribution in [-0.4, -0.2) is 23.9 Å². The number of thiophene rings is 1. The van der Waals surface area contributed by atoms with Crippen LogP contribution in [-0.2, 0) is 4.74 Å². The number of halogens is 1. The van der Waals surface area contributed by atoms with Gasteiger partial charge in [0.15, 0.2) is 0 Å². The number of aromatic nitrogens is 2. The highest BCUT2D eigenvalue weighted by Crippen LogP contribution is 2.28. The molecule has 2 aromatic rings. The van der Waals surface area contributed by atoms with E-state index >= 15 is 0 Å². The fourth-order valence-electron chi connectivity index (χ4n) is 1.17. The summed E-state index contributed by atoms with van der Waals surface area (Å²) in [6.07, 6.45) is 0. The number of hydrogen-bond acceptors (Lipinski definition) is 6. The van der Waals surface area contributed by atoms with E-state index < -0.39 is 0 Å². The zero-order valence-electron chi connectivity index (χ0n) is 8.51. The van der Waals surface area contributed by atoms with Crippen molar-refractivity contribution in [2.75, 3.05) is 13.7 Å². The van der Waals surface area contributed by atoms with Crippen molar-refractivity contribution in [1.29, 1.82) is 0 Å². The molecule has 0 radical (unpaired) electrons. The predicted octanol–water partition coefficient (Wildman–Crippen LogP) is 2.21. The van der Waals surface area contributed by atoms with Gasteiger partial charge in [-0.15, -0.1) is 11.3 Å². The average molecular weight is 304 g/mol. The lowest BCUT2D eigenvalue weighted by Crippen LogP contribution is -2.16. The smallest absolute Gasteiger partial charge is 0.246 e. The molecule has 0 saturated heterocycles. The first-order valence-electron chi connectivity index (χ1n) is 4.53. The van der Waals surface area contributed by atoms with Gasteiger partial charge in [-0.2, -0.15) is 4.98 Å². The van der Waals surface area contributed by atoms with E-state index in [9.17, 15) is 0 Å². The van der Waals surface area contributed by atoms with Crippen LogP contribution in [0.2, 0.25) is 0 Å². The largest absolute Gasteiger partial charge is 0.383 e. The Morgan fingerprint density at radius 1 is 1.69 bits per heavy atom. The van der Waals surface area contributed by atoms with E-state index in [-0.39, 0.29) is 6.04 Å². The van der Waals surface area contributed by atoms with Crippen LogP contribution in [0.15, 0.2) is 20.4 Å². The van der Waals surface area contributed by atoms with Crippen molar-refractivity contribution < 1.29 is 9.26 Å². The number of hydrogen-bond donors (Lipinski definition) is 1. The van der Waals surface area contributed by atoms with E-state index in [1.54, 1.807) is 7.11 Å². The summed E-state index contributed by atoms with van der Waals surface area (Å²) in [5, 5.41) is 5.83. The van der Waals surface area contributed by atoms with Crippen LogP contribution in [0, 0.1) is 0 Å². The first-order chi connectivity index (χ1) is 7.70. The number of methoxy groups -OCH3 is 1. The zero-order valence-corrected chi connectivity index (χ0v) is 10.9. The van der Waals surface area contributed by atoms with Crippen LogP contribution in [0.1, 0.15) is 11.9 Å². The van der Waals surface area contributed by atoms with Crippen LogP contribution in [0.25, 0.3) is 10.7 Å². The van der Waals surface area contributed by atoms with E-state index in [1.807, 2.05) is 11.4 Å². The highest BCUT2D eigenvalue weighted by Gasteiger charge is 2.16. The molecule has 0 aliphatic carbocycles. The van der Waals surface area contributed by atoms with Crippen LogP contribution in [0.4, 0.5) is 0 Å². The molecule has 16 heavy (non-hydrogen) atoms. The number of ether oxygens (including phenoxy) is 1. The molecule has 0 aromatic carbocycles. The van der Waals surface area contributed by atoms with Crippen molar-refractivity contribution in [3.05, 3.63) is 21.8 Å². The van der Waals surface area contributed by atoms with Gasteiger partial charge in [0.2, 0.25) is 11.7 Å². The van der Waals surface area contributed by atoms with Gasteiger partial charge in [-0.25, -0.2) is 0 Å². The molecule has 2 N–H and O–H groups in total. The van der Waals surface area contributed by atoms with E-state index in [0.717, 1.165) is 9.35 Å². The van der Waals surface area contributed by atoms with Gasteiger partial charge in [-0.05, 0) is 22.0 Å². The molecule has 0 spiro atoms. The first-order valence-corrected chi connectivity index (χ1v) is 6.20. The van der Waals surface area contributed by atoms with Crippen LogP contribution in [0.5, 0.6) is 0 Å². The van der Waals surface area contributed by atoms with Crippen molar-refractivity contribution in [1.82, 2.24) is 10.1 Å². The minimum atomic E-state index is -0.380. The van der Waals surface area contributed by atoms with Gasteiger partial charge in [0, 0.05) is 17.0 Å². The second kappa shape index (κ2) is 5.05. The third-order valence-corrected chi connectivity index (χ3v) is 3.58. The second-order valence-corrected chi connectivity index (χ2v) is 4.97. The van der Waals surface area contributed by atoms with Gasteiger partial charge in [-0.3, -0.25) is 0 Å². The lowest BCUT2D eigenvalue weighted by molar-refractivity contribution is 0.166. The molecule has 2 aromatic heterocycles. The zero-order chi connectivity index (χ0) is 11.5. The number of nitrogens with zero attached hydrogens (tertiary/aromatic N) is 2. The predicted molar refractivity (Wildman–Crippen MR) is 64.1 cm³/mol. The van der Waals surface area contributed by atoms with Gasteiger partial charge in [-0.1, -0.05) is 5.16 Å². The van der Waals surface area contributed by atoms with Gasteiger partial charge in [0.1, 0.15) is 6.04 Å². The van der Waals surface area contributed by atoms with Crippen molar-refractivity contribution in [2.45, 2.75) is 6.04 Å². The molecule has 2 rings (SSSR count). The third-order valence-electron chi connectivity index (χ3n) is 1.89. The summed E-state index contributed by atoms with van der Waals surface area (Å²) in [4.78, 5) is 5.16. The van der Waals surface area contributed by atoms with E-state index in [2.05, 4.69) is 26.1 Å². The molecule has 0 fully saturated rings. The number of nitrogens with two attached hydrogens (primary N) is 1. The topological polar surface area (TPSA) is 74.2 Å². The fourth-order valence-corrected chi connectivity index (χ4v) is 2.52. The molecule has 1 unspecified atom stereocenters. The van der Waals surface area contributed by atoms with Crippen LogP contribution in [0.3, 0.4) is 0 Å². The second-order valence-electron chi connectivity index (χ2n) is 3.15. The Morgan fingerprint density at radius 3 is 3.12 bits per heavy atom. The quantitative estimate of drug-likeness (QED) is 0.937. The Labute approximate surface area is 105 Å². The standard InChI is InChI=1S/C9H10BrN3O2S/c1-14-3-6(11)9-12-8(13-15-9)7-2-5(10)4-16-7/h2,4,6H,3,11H2,1H3. The molecular weight excluding hydrogens is 294 g/mol. The summed E-state index contributed by atoms with van der Waals surface area (Å²) in [5.74, 6) is 0.943. The van der Waals surface area contributed by atoms with E-state index in [1.165, 1.54) is 11.3 Å². The van der Waals surface area contributed by atoms with Gasteiger partial charge >= 0.3 is 0 Å². The van der Waals surface area contributed by atoms with Gasteiger partial charge in [0.25, 0.3) is 0 Å². The molecule has 0 bridgehead atoms. The van der Waals surface area contributed by atoms with Crippen molar-refractivity contribution in [3.8, 4) is 10.7 Å². The Hall–Kier alpha value is -0.760. The molecule has 1 atom stereocenters. The summed E-state index contributed by atoms with van der Waals surface area (Å²) < 4.78 is 11.0. The highest BCUT2D eigenvalue weighted by atomic mass is 79.9. The van der Waals surface area contributed by atoms with Crippen LogP contribution < -0.4 is 5.73 Å². The van der Waals surface area contributed by atoms with E-state index in [4.69, 9.17) is 15.0 Å². The summed E-state index contributed by atoms with van der Waals surface area (Å²) in [5.41, 5.74) is 5.78. The SMILES string of the molecule is COCC(N)c1nc(-c2cc(Br)cs2)no1. The van der Waals surface area contributed by atoms with Crippen molar-refractivity contribution >= 4 is 27.3 Å². The summed E-state index contributed by atoms with van der Waals surface area (Å²) in [7, 11) is 1.58. The highest BCUT2D eigenvalue weighted by molar-refractivity contribution is 9.10. The van der Waals surface area contributed by atoms with E-state index in [0.29, 0.717) is 18.3 Å². The van der Waals surface area contributed by atoms with Gasteiger partial charge < -0.3 is 15.0 Å². The van der Waals surface area contributed by atoms with Crippen molar-refractivity contribution in [3.63, 3.8) is 0 Å². The molecule has 0 aliphatic rings. The molecule has 0 saturated carbocycles. The Morgan fingerprint density at radius 2 is 2.50 bits per heavy atom. The normalized spacial score (nSPS) is 12.9. The molecule has 5 nitrogen and oxygen atoms in total. The monoisotopic (exact) mass is 303 g/mol. The summed E-state index contributed by atoms with van der Waals surface area (Å²) in [6, 6.07) is 1.55.